The van der Waals surface area contributed by atoms with Crippen molar-refractivity contribution in [3.8, 4) is 0 Å². The topological polar surface area (TPSA) is 29.9 Å². The Morgan fingerprint density at radius 1 is 1.38 bits per heavy atom. The number of thiazole rings is 1. The van der Waals surface area contributed by atoms with E-state index in [-0.39, 0.29) is 0 Å². The summed E-state index contributed by atoms with van der Waals surface area (Å²) in [6, 6.07) is 0.548. The van der Waals surface area contributed by atoms with Gasteiger partial charge in [0, 0.05) is 29.5 Å². The van der Waals surface area contributed by atoms with Crippen molar-refractivity contribution in [1.82, 2.24) is 14.9 Å². The molecule has 0 saturated heterocycles. The van der Waals surface area contributed by atoms with Gasteiger partial charge >= 0.3 is 0 Å². The first kappa shape index (κ1) is 14.8. The number of hydrogen-bond acceptors (Lipinski definition) is 3. The van der Waals surface area contributed by atoms with Crippen LogP contribution in [-0.2, 0) is 13.0 Å². The van der Waals surface area contributed by atoms with Gasteiger partial charge in [-0.1, -0.05) is 13.3 Å². The fourth-order valence-corrected chi connectivity index (χ4v) is 4.00. The quantitative estimate of drug-likeness (QED) is 0.844. The zero-order valence-corrected chi connectivity index (χ0v) is 13.9. The van der Waals surface area contributed by atoms with Crippen molar-refractivity contribution in [2.45, 2.75) is 58.5 Å². The molecule has 0 spiro atoms. The third-order valence-corrected chi connectivity index (χ3v) is 5.11. The third kappa shape index (κ3) is 3.55. The Balaban J connectivity index is 1.79. The van der Waals surface area contributed by atoms with Gasteiger partial charge in [0.1, 0.15) is 0 Å². The Hall–Kier alpha value is -1.13. The molecule has 0 saturated carbocycles. The van der Waals surface area contributed by atoms with Gasteiger partial charge in [-0.05, 0) is 50.3 Å². The van der Waals surface area contributed by atoms with Crippen molar-refractivity contribution in [3.63, 3.8) is 0 Å². The van der Waals surface area contributed by atoms with Crippen molar-refractivity contribution in [2.75, 3.05) is 6.54 Å². The zero-order valence-electron chi connectivity index (χ0n) is 13.1. The summed E-state index contributed by atoms with van der Waals surface area (Å²) < 4.78 is 2.35. The first-order valence-corrected chi connectivity index (χ1v) is 8.91. The van der Waals surface area contributed by atoms with E-state index in [4.69, 9.17) is 0 Å². The van der Waals surface area contributed by atoms with Gasteiger partial charge in [-0.15, -0.1) is 11.3 Å². The molecule has 4 heteroatoms. The van der Waals surface area contributed by atoms with Gasteiger partial charge in [0.25, 0.3) is 0 Å². The first-order valence-electron chi connectivity index (χ1n) is 8.09. The molecule has 2 aromatic rings. The lowest BCUT2D eigenvalue weighted by atomic mass is 10.0. The van der Waals surface area contributed by atoms with Crippen LogP contribution in [0.2, 0.25) is 0 Å². The summed E-state index contributed by atoms with van der Waals surface area (Å²) in [6.45, 7) is 6.38. The molecule has 1 N–H and O–H groups in total. The lowest BCUT2D eigenvalue weighted by molar-refractivity contribution is 0.488. The number of fused-ring (bicyclic) bond motifs is 1. The minimum absolute atomic E-state index is 0.548. The molecule has 1 aliphatic rings. The standard InChI is InChI=1S/C17H25N3S/c1-3-8-18-17-7-5-4-6-14-10-20(12-16(14)17)11-15-9-19-13(2)21-15/h9-10,12,17-18H,3-8,11H2,1-2H3. The number of hydrogen-bond donors (Lipinski definition) is 1. The molecule has 114 valence electrons. The molecule has 3 rings (SSSR count). The third-order valence-electron chi connectivity index (χ3n) is 4.21. The molecule has 2 aromatic heterocycles. The van der Waals surface area contributed by atoms with Crippen LogP contribution >= 0.6 is 11.3 Å². The average molecular weight is 303 g/mol. The van der Waals surface area contributed by atoms with E-state index >= 15 is 0 Å². The number of nitrogens with zero attached hydrogens (tertiary/aromatic N) is 2. The smallest absolute Gasteiger partial charge is 0.0897 e. The van der Waals surface area contributed by atoms with Gasteiger partial charge in [-0.3, -0.25) is 0 Å². The number of rotatable bonds is 5. The minimum Gasteiger partial charge on any atom is -0.348 e. The summed E-state index contributed by atoms with van der Waals surface area (Å²) in [5, 5.41) is 4.88. The van der Waals surface area contributed by atoms with E-state index in [1.807, 2.05) is 6.20 Å². The number of nitrogens with one attached hydrogen (secondary N) is 1. The zero-order chi connectivity index (χ0) is 14.7. The van der Waals surface area contributed by atoms with Gasteiger partial charge in [0.15, 0.2) is 0 Å². The van der Waals surface area contributed by atoms with Crippen molar-refractivity contribution in [1.29, 1.82) is 0 Å². The molecule has 21 heavy (non-hydrogen) atoms. The van der Waals surface area contributed by atoms with Gasteiger partial charge in [-0.25, -0.2) is 4.98 Å². The molecule has 0 aromatic carbocycles. The SMILES string of the molecule is CCCNC1CCCCc2cn(Cc3cnc(C)s3)cc21. The molecule has 1 unspecified atom stereocenters. The van der Waals surface area contributed by atoms with Crippen molar-refractivity contribution < 1.29 is 0 Å². The summed E-state index contributed by atoms with van der Waals surface area (Å²) in [5.41, 5.74) is 3.07. The Labute approximate surface area is 131 Å². The van der Waals surface area contributed by atoms with Crippen LogP contribution in [-0.4, -0.2) is 16.1 Å². The van der Waals surface area contributed by atoms with Crippen LogP contribution in [0.4, 0.5) is 0 Å². The first-order chi connectivity index (χ1) is 10.3. The maximum absolute atomic E-state index is 4.36. The molecule has 0 radical (unpaired) electrons. The molecule has 3 nitrogen and oxygen atoms in total. The highest BCUT2D eigenvalue weighted by molar-refractivity contribution is 7.11. The predicted octanol–water partition coefficient (Wildman–Crippen LogP) is 4.07. The molecular weight excluding hydrogens is 278 g/mol. The highest BCUT2D eigenvalue weighted by atomic mass is 32.1. The van der Waals surface area contributed by atoms with Crippen LogP contribution in [0, 0.1) is 6.92 Å². The summed E-state index contributed by atoms with van der Waals surface area (Å²) in [7, 11) is 0. The van der Waals surface area contributed by atoms with Crippen LogP contribution in [0.1, 0.15) is 59.7 Å². The Bertz CT molecular complexity index is 585. The Kier molecular flexibility index (Phi) is 4.76. The van der Waals surface area contributed by atoms with E-state index < -0.39 is 0 Å². The minimum atomic E-state index is 0.548. The highest BCUT2D eigenvalue weighted by Crippen LogP contribution is 2.30. The van der Waals surface area contributed by atoms with Gasteiger partial charge in [0.05, 0.1) is 11.6 Å². The van der Waals surface area contributed by atoms with Crippen molar-refractivity contribution in [3.05, 3.63) is 39.6 Å². The summed E-state index contributed by atoms with van der Waals surface area (Å²) in [6.07, 6.45) is 13.1. The van der Waals surface area contributed by atoms with Gasteiger partial charge in [0.2, 0.25) is 0 Å². The lowest BCUT2D eigenvalue weighted by Gasteiger charge is -2.16. The van der Waals surface area contributed by atoms with Crippen molar-refractivity contribution in [2.24, 2.45) is 0 Å². The number of aromatic nitrogens is 2. The van der Waals surface area contributed by atoms with E-state index in [9.17, 15) is 0 Å². The average Bonchev–Trinajstić information content (AvgIpc) is 3.00. The van der Waals surface area contributed by atoms with E-state index in [2.05, 4.69) is 41.1 Å². The number of aryl methyl sites for hydroxylation is 2. The van der Waals surface area contributed by atoms with Gasteiger partial charge in [-0.2, -0.15) is 0 Å². The Morgan fingerprint density at radius 3 is 3.05 bits per heavy atom. The van der Waals surface area contributed by atoms with E-state index in [0.717, 1.165) is 18.1 Å². The maximum atomic E-state index is 4.36. The van der Waals surface area contributed by atoms with Crippen LogP contribution in [0.25, 0.3) is 0 Å². The van der Waals surface area contributed by atoms with E-state index in [1.54, 1.807) is 16.9 Å². The van der Waals surface area contributed by atoms with Gasteiger partial charge < -0.3 is 9.88 Å². The molecule has 0 bridgehead atoms. The van der Waals surface area contributed by atoms with E-state index in [0.29, 0.717) is 6.04 Å². The second-order valence-electron chi connectivity index (χ2n) is 6.01. The molecule has 0 aliphatic heterocycles. The summed E-state index contributed by atoms with van der Waals surface area (Å²) in [4.78, 5) is 5.70. The van der Waals surface area contributed by atoms with Crippen LogP contribution in [0.3, 0.4) is 0 Å². The largest absolute Gasteiger partial charge is 0.348 e. The van der Waals surface area contributed by atoms with E-state index in [1.165, 1.54) is 42.5 Å². The normalized spacial score (nSPS) is 18.5. The summed E-state index contributed by atoms with van der Waals surface area (Å²) >= 11 is 1.80. The fourth-order valence-electron chi connectivity index (χ4n) is 3.20. The molecule has 1 atom stereocenters. The van der Waals surface area contributed by atoms with Crippen molar-refractivity contribution >= 4 is 11.3 Å². The van der Waals surface area contributed by atoms with Crippen LogP contribution < -0.4 is 5.32 Å². The molecular formula is C17H25N3S. The van der Waals surface area contributed by atoms with Crippen LogP contribution in [0.5, 0.6) is 0 Å². The second-order valence-corrected chi connectivity index (χ2v) is 7.33. The molecule has 1 aliphatic carbocycles. The highest BCUT2D eigenvalue weighted by Gasteiger charge is 2.20. The predicted molar refractivity (Wildman–Crippen MR) is 89.0 cm³/mol. The Morgan fingerprint density at radius 2 is 2.29 bits per heavy atom. The molecule has 0 fully saturated rings. The molecule has 2 heterocycles. The molecule has 0 amide bonds. The monoisotopic (exact) mass is 303 g/mol. The summed E-state index contributed by atoms with van der Waals surface area (Å²) in [5.74, 6) is 0. The maximum Gasteiger partial charge on any atom is 0.0897 e. The second kappa shape index (κ2) is 6.75. The lowest BCUT2D eigenvalue weighted by Crippen LogP contribution is -2.21. The van der Waals surface area contributed by atoms with Crippen LogP contribution in [0.15, 0.2) is 18.6 Å². The fraction of sp³-hybridized carbons (Fsp3) is 0.588.